The van der Waals surface area contributed by atoms with Gasteiger partial charge in [0.25, 0.3) is 0 Å². The largest absolute Gasteiger partial charge is 0.493 e. The van der Waals surface area contributed by atoms with E-state index in [1.54, 1.807) is 6.33 Å². The summed E-state index contributed by atoms with van der Waals surface area (Å²) in [6, 6.07) is 8.05. The Balaban J connectivity index is 1.84. The fourth-order valence-corrected chi connectivity index (χ4v) is 1.80. The van der Waals surface area contributed by atoms with Gasteiger partial charge in [0.15, 0.2) is 0 Å². The van der Waals surface area contributed by atoms with Gasteiger partial charge in [0.2, 0.25) is 0 Å². The summed E-state index contributed by atoms with van der Waals surface area (Å²) in [6.45, 7) is 2.68. The van der Waals surface area contributed by atoms with Gasteiger partial charge in [-0.05, 0) is 53.8 Å². The Labute approximate surface area is 108 Å². The molecule has 4 heteroatoms. The zero-order valence-corrected chi connectivity index (χ0v) is 11.2. The Morgan fingerprint density at radius 2 is 2.06 bits per heavy atom. The molecule has 0 radical (unpaired) electrons. The number of rotatable bonds is 4. The molecule has 0 aliphatic rings. The summed E-state index contributed by atoms with van der Waals surface area (Å²) in [5, 5.41) is 0. The van der Waals surface area contributed by atoms with Crippen LogP contribution in [-0.4, -0.2) is 16.6 Å². The van der Waals surface area contributed by atoms with Crippen LogP contribution in [0.4, 0.5) is 0 Å². The number of aromatic amines is 1. The standard InChI is InChI=1S/C12H13IN2O/c1-9-12(15-8-14-9)6-7-16-11-4-2-10(13)3-5-11/h2-5,8H,6-7H2,1H3,(H,14,15). The number of hydrogen-bond acceptors (Lipinski definition) is 2. The van der Waals surface area contributed by atoms with E-state index in [1.165, 1.54) is 3.57 Å². The molecule has 1 aromatic heterocycles. The number of ether oxygens (including phenoxy) is 1. The van der Waals surface area contributed by atoms with E-state index >= 15 is 0 Å². The van der Waals surface area contributed by atoms with Crippen molar-refractivity contribution in [2.75, 3.05) is 6.61 Å². The summed E-state index contributed by atoms with van der Waals surface area (Å²) in [7, 11) is 0. The molecule has 0 aliphatic carbocycles. The molecule has 84 valence electrons. The molecule has 16 heavy (non-hydrogen) atoms. The highest BCUT2D eigenvalue weighted by Gasteiger charge is 2.01. The number of nitrogens with one attached hydrogen (secondary N) is 1. The second-order valence-electron chi connectivity index (χ2n) is 3.53. The Hall–Kier alpha value is -1.04. The van der Waals surface area contributed by atoms with Gasteiger partial charge < -0.3 is 9.72 Å². The molecule has 0 unspecified atom stereocenters. The number of benzene rings is 1. The first-order chi connectivity index (χ1) is 7.75. The van der Waals surface area contributed by atoms with Crippen LogP contribution in [0.1, 0.15) is 11.4 Å². The lowest BCUT2D eigenvalue weighted by Crippen LogP contribution is -2.02. The molecule has 0 saturated heterocycles. The fraction of sp³-hybridized carbons (Fsp3) is 0.250. The van der Waals surface area contributed by atoms with Crippen molar-refractivity contribution in [1.82, 2.24) is 9.97 Å². The van der Waals surface area contributed by atoms with Crippen LogP contribution in [0.2, 0.25) is 0 Å². The average Bonchev–Trinajstić information content (AvgIpc) is 2.68. The van der Waals surface area contributed by atoms with E-state index in [0.717, 1.165) is 23.6 Å². The normalized spacial score (nSPS) is 10.4. The minimum absolute atomic E-state index is 0.659. The lowest BCUT2D eigenvalue weighted by Gasteiger charge is -2.05. The van der Waals surface area contributed by atoms with Gasteiger partial charge in [-0.25, -0.2) is 4.98 Å². The SMILES string of the molecule is Cc1[nH]cnc1CCOc1ccc(I)cc1. The van der Waals surface area contributed by atoms with E-state index in [9.17, 15) is 0 Å². The van der Waals surface area contributed by atoms with Crippen molar-refractivity contribution < 1.29 is 4.74 Å². The summed E-state index contributed by atoms with van der Waals surface area (Å²) in [5.74, 6) is 0.911. The van der Waals surface area contributed by atoms with Crippen molar-refractivity contribution in [3.05, 3.63) is 45.6 Å². The molecule has 0 amide bonds. The Morgan fingerprint density at radius 1 is 1.31 bits per heavy atom. The Kier molecular flexibility index (Phi) is 3.82. The molecule has 1 heterocycles. The predicted octanol–water partition coefficient (Wildman–Crippen LogP) is 2.94. The Bertz CT molecular complexity index is 450. The smallest absolute Gasteiger partial charge is 0.119 e. The highest BCUT2D eigenvalue weighted by molar-refractivity contribution is 14.1. The van der Waals surface area contributed by atoms with Crippen LogP contribution >= 0.6 is 22.6 Å². The highest BCUT2D eigenvalue weighted by atomic mass is 127. The third-order valence-electron chi connectivity index (χ3n) is 2.36. The summed E-state index contributed by atoms with van der Waals surface area (Å²) in [4.78, 5) is 7.28. The number of nitrogens with zero attached hydrogens (tertiary/aromatic N) is 1. The molecule has 1 N–H and O–H groups in total. The van der Waals surface area contributed by atoms with E-state index in [4.69, 9.17) is 4.74 Å². The van der Waals surface area contributed by atoms with Crippen LogP contribution in [0.5, 0.6) is 5.75 Å². The van der Waals surface area contributed by atoms with Gasteiger partial charge >= 0.3 is 0 Å². The van der Waals surface area contributed by atoms with E-state index < -0.39 is 0 Å². The fourth-order valence-electron chi connectivity index (χ4n) is 1.44. The molecule has 0 spiro atoms. The van der Waals surface area contributed by atoms with Gasteiger partial charge in [-0.3, -0.25) is 0 Å². The molecule has 2 aromatic rings. The zero-order valence-electron chi connectivity index (χ0n) is 9.03. The van der Waals surface area contributed by atoms with Crippen LogP contribution < -0.4 is 4.74 Å². The lowest BCUT2D eigenvalue weighted by atomic mass is 10.3. The molecule has 0 fully saturated rings. The van der Waals surface area contributed by atoms with Crippen molar-refractivity contribution >= 4 is 22.6 Å². The van der Waals surface area contributed by atoms with Crippen LogP contribution in [0.3, 0.4) is 0 Å². The number of aromatic nitrogens is 2. The maximum absolute atomic E-state index is 5.63. The molecular weight excluding hydrogens is 315 g/mol. The summed E-state index contributed by atoms with van der Waals surface area (Å²) >= 11 is 2.28. The lowest BCUT2D eigenvalue weighted by molar-refractivity contribution is 0.320. The first-order valence-electron chi connectivity index (χ1n) is 5.13. The van der Waals surface area contributed by atoms with Gasteiger partial charge in [0.1, 0.15) is 5.75 Å². The number of H-pyrrole nitrogens is 1. The molecule has 0 bridgehead atoms. The molecule has 2 rings (SSSR count). The van der Waals surface area contributed by atoms with Gasteiger partial charge in [0.05, 0.1) is 18.6 Å². The first-order valence-corrected chi connectivity index (χ1v) is 6.21. The number of imidazole rings is 1. The predicted molar refractivity (Wildman–Crippen MR) is 71.7 cm³/mol. The monoisotopic (exact) mass is 328 g/mol. The van der Waals surface area contributed by atoms with Gasteiger partial charge in [-0.2, -0.15) is 0 Å². The van der Waals surface area contributed by atoms with Crippen LogP contribution in [0, 0.1) is 10.5 Å². The van der Waals surface area contributed by atoms with Crippen molar-refractivity contribution in [1.29, 1.82) is 0 Å². The first kappa shape index (κ1) is 11.4. The van der Waals surface area contributed by atoms with E-state index in [-0.39, 0.29) is 0 Å². The third-order valence-corrected chi connectivity index (χ3v) is 3.07. The molecule has 1 aromatic carbocycles. The topological polar surface area (TPSA) is 37.9 Å². The summed E-state index contributed by atoms with van der Waals surface area (Å²) in [6.07, 6.45) is 2.55. The number of halogens is 1. The van der Waals surface area contributed by atoms with E-state index in [2.05, 4.69) is 32.6 Å². The summed E-state index contributed by atoms with van der Waals surface area (Å²) in [5.41, 5.74) is 2.19. The summed E-state index contributed by atoms with van der Waals surface area (Å²) < 4.78 is 6.85. The average molecular weight is 328 g/mol. The van der Waals surface area contributed by atoms with Gasteiger partial charge in [0, 0.05) is 15.7 Å². The minimum atomic E-state index is 0.659. The van der Waals surface area contributed by atoms with Crippen LogP contribution in [0.25, 0.3) is 0 Å². The molecule has 3 nitrogen and oxygen atoms in total. The third kappa shape index (κ3) is 2.98. The van der Waals surface area contributed by atoms with Crippen molar-refractivity contribution in [3.8, 4) is 5.75 Å². The quantitative estimate of drug-likeness (QED) is 0.877. The Morgan fingerprint density at radius 3 is 2.69 bits per heavy atom. The van der Waals surface area contributed by atoms with Crippen LogP contribution in [0.15, 0.2) is 30.6 Å². The van der Waals surface area contributed by atoms with Gasteiger partial charge in [-0.1, -0.05) is 0 Å². The number of hydrogen-bond donors (Lipinski definition) is 1. The highest BCUT2D eigenvalue weighted by Crippen LogP contribution is 2.13. The van der Waals surface area contributed by atoms with Crippen molar-refractivity contribution in [3.63, 3.8) is 0 Å². The maximum Gasteiger partial charge on any atom is 0.119 e. The van der Waals surface area contributed by atoms with Gasteiger partial charge in [-0.15, -0.1) is 0 Å². The van der Waals surface area contributed by atoms with Crippen LogP contribution in [-0.2, 0) is 6.42 Å². The molecule has 0 atom stereocenters. The van der Waals surface area contributed by atoms with Crippen molar-refractivity contribution in [2.24, 2.45) is 0 Å². The van der Waals surface area contributed by atoms with Crippen molar-refractivity contribution in [2.45, 2.75) is 13.3 Å². The second kappa shape index (κ2) is 5.34. The minimum Gasteiger partial charge on any atom is -0.493 e. The second-order valence-corrected chi connectivity index (χ2v) is 4.77. The number of aryl methyl sites for hydroxylation is 1. The molecule has 0 aliphatic heterocycles. The molecular formula is C12H13IN2O. The van der Waals surface area contributed by atoms with E-state index in [0.29, 0.717) is 6.61 Å². The molecule has 0 saturated carbocycles. The van der Waals surface area contributed by atoms with E-state index in [1.807, 2.05) is 31.2 Å². The maximum atomic E-state index is 5.63. The zero-order chi connectivity index (χ0) is 11.4.